The van der Waals surface area contributed by atoms with Crippen molar-refractivity contribution in [2.45, 2.75) is 0 Å². The van der Waals surface area contributed by atoms with Crippen LogP contribution in [0, 0.1) is 10.1 Å². The number of hydrogen-bond acceptors (Lipinski definition) is 3. The monoisotopic (exact) mass is 263 g/mol. The van der Waals surface area contributed by atoms with Gasteiger partial charge in [0, 0.05) is 22.7 Å². The third kappa shape index (κ3) is 2.32. The Morgan fingerprint density at radius 3 is 1.94 bits per heavy atom. The molecule has 0 fully saturated rings. The van der Waals surface area contributed by atoms with Crippen LogP contribution in [0.25, 0.3) is 0 Å². The van der Waals surface area contributed by atoms with Gasteiger partial charge in [0.1, 0.15) is 0 Å². The predicted octanol–water partition coefficient (Wildman–Crippen LogP) is 1.82. The van der Waals surface area contributed by atoms with Crippen LogP contribution < -0.4 is 10.6 Å². The van der Waals surface area contributed by atoms with Crippen molar-refractivity contribution in [1.29, 1.82) is 0 Å². The molecule has 92 valence electrons. The smallest absolute Gasteiger partial charge is 0.269 e. The van der Waals surface area contributed by atoms with Crippen LogP contribution in [0.3, 0.4) is 0 Å². The van der Waals surface area contributed by atoms with Crippen molar-refractivity contribution in [3.63, 3.8) is 0 Å². The van der Waals surface area contributed by atoms with Gasteiger partial charge in [-0.05, 0) is 24.3 Å². The Kier molecular flexibility index (Phi) is 3.28. The van der Waals surface area contributed by atoms with E-state index in [1.165, 1.54) is 24.3 Å². The van der Waals surface area contributed by atoms with Gasteiger partial charge in [-0.3, -0.25) is 14.7 Å². The first-order valence-electron chi connectivity index (χ1n) is 5.15. The average Bonchev–Trinajstić information content (AvgIpc) is 2.40. The number of nitro groups is 1. The summed E-state index contributed by atoms with van der Waals surface area (Å²) < 4.78 is 12.3. The Hall–Kier alpha value is -1.97. The Bertz CT molecular complexity index is 610. The summed E-state index contributed by atoms with van der Waals surface area (Å²) in [6.45, 7) is 0. The second kappa shape index (κ2) is 4.72. The van der Waals surface area contributed by atoms with Crippen LogP contribution in [0.4, 0.5) is 5.69 Å². The second-order valence-electron chi connectivity index (χ2n) is 3.69. The molecule has 0 saturated heterocycles. The van der Waals surface area contributed by atoms with Gasteiger partial charge in [0.15, 0.2) is 0 Å². The lowest BCUT2D eigenvalue weighted by Crippen LogP contribution is -2.15. The summed E-state index contributed by atoms with van der Waals surface area (Å²) in [6, 6.07) is 13.3. The summed E-state index contributed by atoms with van der Waals surface area (Å²) in [5.74, 6) is 0. The minimum Gasteiger partial charge on any atom is -0.338 e. The third-order valence-corrected chi connectivity index (χ3v) is 4.51. The van der Waals surface area contributed by atoms with E-state index in [0.717, 1.165) is 0 Å². The molecule has 0 amide bonds. The summed E-state index contributed by atoms with van der Waals surface area (Å²) in [5.41, 5.74) is -0.105. The molecule has 0 aliphatic carbocycles. The number of non-ortho nitro benzene ring substituents is 1. The second-order valence-corrected chi connectivity index (χ2v) is 5.87. The van der Waals surface area contributed by atoms with E-state index < -0.39 is 12.3 Å². The molecule has 0 saturated carbocycles. The Balaban J connectivity index is 2.42. The maximum atomic E-state index is 12.3. The van der Waals surface area contributed by atoms with Crippen LogP contribution in [0.1, 0.15) is 0 Å². The molecule has 1 atom stereocenters. The Labute approximate surface area is 103 Å². The van der Waals surface area contributed by atoms with Crippen molar-refractivity contribution >= 4 is 23.7 Å². The van der Waals surface area contributed by atoms with E-state index >= 15 is 0 Å². The maximum Gasteiger partial charge on any atom is 0.269 e. The van der Waals surface area contributed by atoms with E-state index in [-0.39, 0.29) is 11.0 Å². The van der Waals surface area contributed by atoms with Crippen LogP contribution in [0.5, 0.6) is 0 Å². The molecule has 1 N–H and O–H groups in total. The van der Waals surface area contributed by atoms with E-state index in [0.29, 0.717) is 5.30 Å². The molecule has 5 nitrogen and oxygen atoms in total. The normalized spacial score (nSPS) is 13.8. The molecule has 0 radical (unpaired) electrons. The first-order chi connectivity index (χ1) is 8.51. The molecular formula is C12H10NO4P. The van der Waals surface area contributed by atoms with E-state index in [1.54, 1.807) is 30.3 Å². The van der Waals surface area contributed by atoms with Crippen molar-refractivity contribution in [1.82, 2.24) is 0 Å². The van der Waals surface area contributed by atoms with Crippen LogP contribution in [0.2, 0.25) is 0 Å². The van der Waals surface area contributed by atoms with E-state index in [9.17, 15) is 19.6 Å². The number of hydrogen-bond donors (Lipinski definition) is 1. The number of nitro benzene ring substituents is 1. The van der Waals surface area contributed by atoms with Crippen LogP contribution in [-0.4, -0.2) is 9.82 Å². The van der Waals surface area contributed by atoms with Crippen LogP contribution in [0.15, 0.2) is 54.6 Å². The van der Waals surface area contributed by atoms with Gasteiger partial charge >= 0.3 is 0 Å². The van der Waals surface area contributed by atoms with Gasteiger partial charge < -0.3 is 4.89 Å². The zero-order valence-corrected chi connectivity index (χ0v) is 10.2. The largest absolute Gasteiger partial charge is 0.338 e. The Morgan fingerprint density at radius 1 is 0.944 bits per heavy atom. The lowest BCUT2D eigenvalue weighted by Gasteiger charge is -2.11. The Morgan fingerprint density at radius 2 is 1.44 bits per heavy atom. The van der Waals surface area contributed by atoms with E-state index in [4.69, 9.17) is 0 Å². The highest BCUT2D eigenvalue weighted by atomic mass is 31.2. The zero-order valence-electron chi connectivity index (χ0n) is 9.26. The molecule has 0 aliphatic rings. The lowest BCUT2D eigenvalue weighted by molar-refractivity contribution is -0.384. The molecule has 0 bridgehead atoms. The number of rotatable bonds is 3. The van der Waals surface area contributed by atoms with E-state index in [2.05, 4.69) is 0 Å². The SMILES string of the molecule is O=[N+]([O-])c1ccc(P(=O)(O)c2ccccc2)cc1. The topological polar surface area (TPSA) is 80.4 Å². The van der Waals surface area contributed by atoms with Crippen molar-refractivity contribution in [2.24, 2.45) is 0 Å². The minimum atomic E-state index is -3.67. The molecule has 0 heterocycles. The molecule has 0 aromatic heterocycles. The van der Waals surface area contributed by atoms with Gasteiger partial charge in [-0.1, -0.05) is 18.2 Å². The van der Waals surface area contributed by atoms with Crippen molar-refractivity contribution in [3.8, 4) is 0 Å². The van der Waals surface area contributed by atoms with Crippen molar-refractivity contribution < 1.29 is 14.4 Å². The number of nitrogens with zero attached hydrogens (tertiary/aromatic N) is 1. The maximum absolute atomic E-state index is 12.3. The third-order valence-electron chi connectivity index (χ3n) is 2.52. The van der Waals surface area contributed by atoms with Crippen LogP contribution in [-0.2, 0) is 4.57 Å². The first-order valence-corrected chi connectivity index (χ1v) is 6.81. The molecular weight excluding hydrogens is 253 g/mol. The zero-order chi connectivity index (χ0) is 13.2. The molecule has 2 rings (SSSR count). The summed E-state index contributed by atoms with van der Waals surface area (Å²) in [6.07, 6.45) is 0. The highest BCUT2D eigenvalue weighted by Crippen LogP contribution is 2.38. The quantitative estimate of drug-likeness (QED) is 0.520. The summed E-state index contributed by atoms with van der Waals surface area (Å²) in [4.78, 5) is 20.0. The average molecular weight is 263 g/mol. The fourth-order valence-electron chi connectivity index (χ4n) is 1.56. The van der Waals surface area contributed by atoms with Crippen LogP contribution >= 0.6 is 7.37 Å². The molecule has 18 heavy (non-hydrogen) atoms. The standard InChI is InChI=1S/C12H10NO4P/c14-13(15)10-6-8-12(9-7-10)18(16,17)11-4-2-1-3-5-11/h1-9H,(H,16,17). The van der Waals surface area contributed by atoms with Gasteiger partial charge in [0.25, 0.3) is 13.1 Å². The predicted molar refractivity (Wildman–Crippen MR) is 68.6 cm³/mol. The molecule has 6 heteroatoms. The van der Waals surface area contributed by atoms with Crippen molar-refractivity contribution in [3.05, 3.63) is 64.7 Å². The highest BCUT2D eigenvalue weighted by molar-refractivity contribution is 7.73. The minimum absolute atomic E-state index is 0.105. The van der Waals surface area contributed by atoms with E-state index in [1.807, 2.05) is 0 Å². The fraction of sp³-hybridized carbons (Fsp3) is 0. The van der Waals surface area contributed by atoms with Gasteiger partial charge in [-0.2, -0.15) is 0 Å². The highest BCUT2D eigenvalue weighted by Gasteiger charge is 2.24. The molecule has 2 aromatic carbocycles. The van der Waals surface area contributed by atoms with Gasteiger partial charge in [-0.15, -0.1) is 0 Å². The first kappa shape index (κ1) is 12.5. The molecule has 1 unspecified atom stereocenters. The number of benzene rings is 2. The van der Waals surface area contributed by atoms with Gasteiger partial charge in [-0.25, -0.2) is 0 Å². The molecule has 0 spiro atoms. The summed E-state index contributed by atoms with van der Waals surface area (Å²) >= 11 is 0. The fourth-order valence-corrected chi connectivity index (χ4v) is 2.98. The lowest BCUT2D eigenvalue weighted by atomic mass is 10.3. The van der Waals surface area contributed by atoms with Gasteiger partial charge in [0.05, 0.1) is 4.92 Å². The van der Waals surface area contributed by atoms with Crippen molar-refractivity contribution in [2.75, 3.05) is 0 Å². The summed E-state index contributed by atoms with van der Waals surface area (Å²) in [7, 11) is -3.67. The van der Waals surface area contributed by atoms with Gasteiger partial charge in [0.2, 0.25) is 0 Å². The summed E-state index contributed by atoms with van der Waals surface area (Å²) in [5, 5.41) is 11.0. The molecule has 0 aliphatic heterocycles. The molecule has 2 aromatic rings.